The summed E-state index contributed by atoms with van der Waals surface area (Å²) in [5.74, 6) is 0.534. The first-order valence-corrected chi connectivity index (χ1v) is 13.9. The van der Waals surface area contributed by atoms with Gasteiger partial charge in [0, 0.05) is 6.42 Å². The van der Waals surface area contributed by atoms with Gasteiger partial charge in [0.25, 0.3) is 0 Å². The first-order chi connectivity index (χ1) is 16.8. The van der Waals surface area contributed by atoms with E-state index in [1.54, 1.807) is 6.07 Å². The minimum atomic E-state index is -3.64. The van der Waals surface area contributed by atoms with Crippen LogP contribution >= 0.6 is 0 Å². The van der Waals surface area contributed by atoms with Crippen LogP contribution in [0.4, 0.5) is 0 Å². The summed E-state index contributed by atoms with van der Waals surface area (Å²) < 4.78 is 40.8. The molecule has 2 aromatic carbocycles. The zero-order valence-corrected chi connectivity index (χ0v) is 21.9. The number of ether oxygens (including phenoxy) is 2. The Morgan fingerprint density at radius 2 is 1.51 bits per heavy atom. The predicted octanol–water partition coefficient (Wildman–Crippen LogP) is 5.58. The van der Waals surface area contributed by atoms with Crippen LogP contribution in [0.3, 0.4) is 0 Å². The van der Waals surface area contributed by atoms with Gasteiger partial charge < -0.3 is 18.8 Å². The average Bonchev–Trinajstić information content (AvgIpc) is 2.83. The molecule has 0 saturated heterocycles. The summed E-state index contributed by atoms with van der Waals surface area (Å²) in [6.07, 6.45) is 6.31. The number of aliphatic carboxylic acids is 1. The Morgan fingerprint density at radius 3 is 2.14 bits per heavy atom. The molecule has 0 aliphatic heterocycles. The number of methoxy groups -OCH3 is 1. The summed E-state index contributed by atoms with van der Waals surface area (Å²) in [5.41, 5.74) is 3.07. The van der Waals surface area contributed by atoms with Crippen molar-refractivity contribution in [1.82, 2.24) is 0 Å². The van der Waals surface area contributed by atoms with Crippen molar-refractivity contribution >= 4 is 16.1 Å². The highest BCUT2D eigenvalue weighted by Gasteiger charge is 2.16. The largest absolute Gasteiger partial charge is 0.493 e. The number of hydrogen-bond donors (Lipinski definition) is 1. The zero-order valence-electron chi connectivity index (χ0n) is 21.0. The highest BCUT2D eigenvalue weighted by molar-refractivity contribution is 7.87. The minimum Gasteiger partial charge on any atom is -0.493 e. The van der Waals surface area contributed by atoms with E-state index in [-0.39, 0.29) is 17.9 Å². The van der Waals surface area contributed by atoms with Gasteiger partial charge in [-0.2, -0.15) is 8.42 Å². The maximum atomic E-state index is 12.1. The maximum absolute atomic E-state index is 12.1. The molecule has 8 heteroatoms. The first-order valence-electron chi connectivity index (χ1n) is 12.3. The van der Waals surface area contributed by atoms with Gasteiger partial charge in [-0.25, -0.2) is 0 Å². The number of carboxylic acid groups (broad SMARTS) is 1. The molecular weight excluding hydrogens is 468 g/mol. The molecule has 0 fully saturated rings. The van der Waals surface area contributed by atoms with Crippen LogP contribution in [-0.4, -0.2) is 39.0 Å². The molecule has 0 amide bonds. The predicted molar refractivity (Wildman–Crippen MR) is 137 cm³/mol. The van der Waals surface area contributed by atoms with Crippen LogP contribution in [0.25, 0.3) is 0 Å². The summed E-state index contributed by atoms with van der Waals surface area (Å²) in [7, 11) is -2.15. The molecule has 0 unspecified atom stereocenters. The SMILES string of the molecule is CCCCOc1cc(CCCc2ccc(OS(=O)(=O)CCCC)c(OC)c2)ccc1CCC(=O)O. The minimum absolute atomic E-state index is 0.0202. The lowest BCUT2D eigenvalue weighted by Gasteiger charge is -2.14. The smallest absolute Gasteiger partial charge is 0.309 e. The molecule has 0 radical (unpaired) electrons. The number of hydrogen-bond acceptors (Lipinski definition) is 6. The Bertz CT molecular complexity index is 1050. The molecule has 35 heavy (non-hydrogen) atoms. The molecule has 194 valence electrons. The molecule has 2 rings (SSSR count). The maximum Gasteiger partial charge on any atom is 0.309 e. The second kappa shape index (κ2) is 14.6. The first kappa shape index (κ1) is 28.5. The quantitative estimate of drug-likeness (QED) is 0.221. The van der Waals surface area contributed by atoms with E-state index >= 15 is 0 Å². The molecule has 0 saturated carbocycles. The van der Waals surface area contributed by atoms with Gasteiger partial charge in [0.2, 0.25) is 0 Å². The number of rotatable bonds is 17. The molecule has 0 atom stereocenters. The van der Waals surface area contributed by atoms with Crippen molar-refractivity contribution < 1.29 is 32.0 Å². The molecule has 2 aromatic rings. The zero-order chi connectivity index (χ0) is 25.7. The fraction of sp³-hybridized carbons (Fsp3) is 0.519. The van der Waals surface area contributed by atoms with E-state index in [9.17, 15) is 13.2 Å². The van der Waals surface area contributed by atoms with Crippen molar-refractivity contribution in [3.05, 3.63) is 53.1 Å². The van der Waals surface area contributed by atoms with E-state index in [1.165, 1.54) is 7.11 Å². The van der Waals surface area contributed by atoms with Gasteiger partial charge in [0.1, 0.15) is 5.75 Å². The average molecular weight is 507 g/mol. The number of benzene rings is 2. The molecule has 0 spiro atoms. The van der Waals surface area contributed by atoms with E-state index in [4.69, 9.17) is 18.8 Å². The highest BCUT2D eigenvalue weighted by atomic mass is 32.2. The van der Waals surface area contributed by atoms with E-state index in [0.29, 0.717) is 25.2 Å². The molecular formula is C27H38O7S. The Kier molecular flexibility index (Phi) is 11.9. The van der Waals surface area contributed by atoms with E-state index in [0.717, 1.165) is 61.0 Å². The van der Waals surface area contributed by atoms with E-state index in [2.05, 4.69) is 6.92 Å². The molecule has 0 aliphatic rings. The standard InChI is InChI=1S/C27H38O7S/c1-4-6-17-33-25-19-21(11-13-23(25)14-16-27(28)29)9-8-10-22-12-15-24(26(20-22)32-3)34-35(30,31)18-7-5-2/h11-13,15,19-20H,4-10,14,16-18H2,1-3H3,(H,28,29). The monoisotopic (exact) mass is 506 g/mol. The summed E-state index contributed by atoms with van der Waals surface area (Å²) in [6.45, 7) is 4.64. The van der Waals surface area contributed by atoms with Gasteiger partial charge in [-0.15, -0.1) is 0 Å². The Morgan fingerprint density at radius 1 is 0.857 bits per heavy atom. The molecule has 0 aromatic heterocycles. The Hall–Kier alpha value is -2.74. The second-order valence-electron chi connectivity index (χ2n) is 8.58. The topological polar surface area (TPSA) is 99.1 Å². The normalized spacial score (nSPS) is 11.3. The number of carbonyl (C=O) groups is 1. The number of carboxylic acids is 1. The van der Waals surface area contributed by atoms with Gasteiger partial charge in [-0.05, 0) is 73.4 Å². The van der Waals surface area contributed by atoms with Gasteiger partial charge in [0.15, 0.2) is 11.5 Å². The van der Waals surface area contributed by atoms with E-state index in [1.807, 2.05) is 37.3 Å². The van der Waals surface area contributed by atoms with E-state index < -0.39 is 16.1 Å². The third-order valence-corrected chi connectivity index (χ3v) is 6.84. The third-order valence-electron chi connectivity index (χ3n) is 5.62. The fourth-order valence-electron chi connectivity index (χ4n) is 3.60. The van der Waals surface area contributed by atoms with Crippen LogP contribution in [0.5, 0.6) is 17.2 Å². The van der Waals surface area contributed by atoms with Gasteiger partial charge >= 0.3 is 16.1 Å². The van der Waals surface area contributed by atoms with Crippen LogP contribution in [0.1, 0.15) is 69.1 Å². The van der Waals surface area contributed by atoms with Gasteiger partial charge in [-0.3, -0.25) is 4.79 Å². The van der Waals surface area contributed by atoms with Crippen LogP contribution in [0.2, 0.25) is 0 Å². The van der Waals surface area contributed by atoms with Gasteiger partial charge in [-0.1, -0.05) is 44.9 Å². The van der Waals surface area contributed by atoms with Gasteiger partial charge in [0.05, 0.1) is 19.5 Å². The van der Waals surface area contributed by atoms with Crippen molar-refractivity contribution in [3.63, 3.8) is 0 Å². The summed E-state index contributed by atoms with van der Waals surface area (Å²) in [5, 5.41) is 9.02. The summed E-state index contributed by atoms with van der Waals surface area (Å²) in [6, 6.07) is 11.3. The van der Waals surface area contributed by atoms with Crippen molar-refractivity contribution in [2.24, 2.45) is 0 Å². The van der Waals surface area contributed by atoms with Crippen LogP contribution in [0.15, 0.2) is 36.4 Å². The van der Waals surface area contributed by atoms with Crippen LogP contribution in [-0.2, 0) is 34.2 Å². The van der Waals surface area contributed by atoms with Crippen LogP contribution in [0, 0.1) is 0 Å². The van der Waals surface area contributed by atoms with Crippen molar-refractivity contribution in [1.29, 1.82) is 0 Å². The lowest BCUT2D eigenvalue weighted by molar-refractivity contribution is -0.136. The van der Waals surface area contributed by atoms with Crippen LogP contribution < -0.4 is 13.7 Å². The molecule has 0 aliphatic carbocycles. The molecule has 0 bridgehead atoms. The molecule has 0 heterocycles. The summed E-state index contributed by atoms with van der Waals surface area (Å²) >= 11 is 0. The fourth-order valence-corrected chi connectivity index (χ4v) is 4.73. The molecule has 1 N–H and O–H groups in total. The van der Waals surface area contributed by atoms with Crippen molar-refractivity contribution in [2.75, 3.05) is 19.5 Å². The van der Waals surface area contributed by atoms with Crippen molar-refractivity contribution in [2.45, 2.75) is 71.6 Å². The summed E-state index contributed by atoms with van der Waals surface area (Å²) in [4.78, 5) is 11.0. The molecule has 7 nitrogen and oxygen atoms in total. The second-order valence-corrected chi connectivity index (χ2v) is 10.3. The third kappa shape index (κ3) is 10.2. The lowest BCUT2D eigenvalue weighted by atomic mass is 10.0. The highest BCUT2D eigenvalue weighted by Crippen LogP contribution is 2.30. The Balaban J connectivity index is 2.02. The number of aryl methyl sites for hydroxylation is 3. The Labute approximate surface area is 209 Å². The lowest BCUT2D eigenvalue weighted by Crippen LogP contribution is -2.14. The number of unbranched alkanes of at least 4 members (excludes halogenated alkanes) is 2. The van der Waals surface area contributed by atoms with Crippen molar-refractivity contribution in [3.8, 4) is 17.2 Å².